The van der Waals surface area contributed by atoms with Crippen molar-refractivity contribution in [2.75, 3.05) is 0 Å². The molecule has 8 heteroatoms. The molecule has 1 aromatic heterocycles. The van der Waals surface area contributed by atoms with E-state index < -0.39 is 41.4 Å². The predicted molar refractivity (Wildman–Crippen MR) is 82.1 cm³/mol. The van der Waals surface area contributed by atoms with Crippen LogP contribution in [0.15, 0.2) is 34.0 Å². The summed E-state index contributed by atoms with van der Waals surface area (Å²) in [5, 5.41) is 8.90. The second-order valence-corrected chi connectivity index (χ2v) is 5.65. The van der Waals surface area contributed by atoms with Crippen LogP contribution in [0, 0.1) is 11.6 Å². The molecule has 2 aromatic rings. The molecule has 0 spiro atoms. The number of aliphatic carboxylic acids is 1. The van der Waals surface area contributed by atoms with E-state index in [-0.39, 0.29) is 12.0 Å². The molecule has 0 saturated carbocycles. The van der Waals surface area contributed by atoms with Crippen LogP contribution in [0.5, 0.6) is 0 Å². The highest BCUT2D eigenvalue weighted by Crippen LogP contribution is 2.12. The third-order valence-corrected chi connectivity index (χ3v) is 3.46. The van der Waals surface area contributed by atoms with Gasteiger partial charge in [-0.1, -0.05) is 6.07 Å². The highest BCUT2D eigenvalue weighted by Gasteiger charge is 2.16. The van der Waals surface area contributed by atoms with Crippen molar-refractivity contribution in [1.29, 1.82) is 0 Å². The highest BCUT2D eigenvalue weighted by atomic mass is 19.2. The molecule has 0 bridgehead atoms. The quantitative estimate of drug-likeness (QED) is 0.897. The largest absolute Gasteiger partial charge is 0.480 e. The predicted octanol–water partition coefficient (Wildman–Crippen LogP) is 1.54. The summed E-state index contributed by atoms with van der Waals surface area (Å²) >= 11 is 0. The van der Waals surface area contributed by atoms with Crippen molar-refractivity contribution < 1.29 is 18.7 Å². The van der Waals surface area contributed by atoms with Crippen molar-refractivity contribution >= 4 is 5.97 Å². The summed E-state index contributed by atoms with van der Waals surface area (Å²) in [5.41, 5.74) is -0.856. The van der Waals surface area contributed by atoms with Gasteiger partial charge in [0.1, 0.15) is 6.54 Å². The molecule has 0 saturated heterocycles. The lowest BCUT2D eigenvalue weighted by Crippen LogP contribution is -2.43. The number of hydrogen-bond acceptors (Lipinski definition) is 3. The van der Waals surface area contributed by atoms with E-state index >= 15 is 0 Å². The Balaban J connectivity index is 2.58. The van der Waals surface area contributed by atoms with Crippen molar-refractivity contribution in [2.24, 2.45) is 0 Å². The van der Waals surface area contributed by atoms with Gasteiger partial charge in [0, 0.05) is 24.2 Å². The van der Waals surface area contributed by atoms with Crippen LogP contribution in [0.25, 0.3) is 0 Å². The van der Waals surface area contributed by atoms with Crippen LogP contribution in [-0.4, -0.2) is 20.2 Å². The molecule has 24 heavy (non-hydrogen) atoms. The van der Waals surface area contributed by atoms with E-state index in [4.69, 9.17) is 5.11 Å². The van der Waals surface area contributed by atoms with Crippen LogP contribution in [0.4, 0.5) is 8.78 Å². The second-order valence-electron chi connectivity index (χ2n) is 5.65. The molecule has 2 rings (SSSR count). The van der Waals surface area contributed by atoms with Gasteiger partial charge in [-0.2, -0.15) is 0 Å². The van der Waals surface area contributed by atoms with Crippen molar-refractivity contribution in [3.63, 3.8) is 0 Å². The van der Waals surface area contributed by atoms with Crippen molar-refractivity contribution in [2.45, 2.75) is 32.9 Å². The average molecular weight is 338 g/mol. The summed E-state index contributed by atoms with van der Waals surface area (Å²) in [6.45, 7) is 2.64. The van der Waals surface area contributed by atoms with Crippen LogP contribution in [0.2, 0.25) is 0 Å². The zero-order chi connectivity index (χ0) is 18.0. The summed E-state index contributed by atoms with van der Waals surface area (Å²) in [5.74, 6) is -3.28. The van der Waals surface area contributed by atoms with E-state index in [1.165, 1.54) is 6.07 Å². The molecular formula is C16H16F2N2O4. The first-order valence-corrected chi connectivity index (χ1v) is 7.21. The van der Waals surface area contributed by atoms with Gasteiger partial charge in [0.15, 0.2) is 11.6 Å². The number of benzene rings is 1. The minimum Gasteiger partial charge on any atom is -0.480 e. The number of carboxylic acids is 1. The number of hydrogen-bond donors (Lipinski definition) is 1. The molecule has 0 radical (unpaired) electrons. The minimum absolute atomic E-state index is 0.0529. The van der Waals surface area contributed by atoms with Crippen LogP contribution < -0.4 is 11.2 Å². The zero-order valence-corrected chi connectivity index (χ0v) is 13.1. The van der Waals surface area contributed by atoms with Gasteiger partial charge in [0.25, 0.3) is 5.56 Å². The fraction of sp³-hybridized carbons (Fsp3) is 0.312. The van der Waals surface area contributed by atoms with E-state index in [0.717, 1.165) is 27.5 Å². The first kappa shape index (κ1) is 17.6. The number of halogens is 2. The summed E-state index contributed by atoms with van der Waals surface area (Å²) in [6.07, 6.45) is 1.10. The molecule has 0 fully saturated rings. The molecule has 0 aliphatic rings. The summed E-state index contributed by atoms with van der Waals surface area (Å²) in [4.78, 5) is 35.6. The van der Waals surface area contributed by atoms with Gasteiger partial charge in [-0.25, -0.2) is 13.6 Å². The Morgan fingerprint density at radius 3 is 2.42 bits per heavy atom. The topological polar surface area (TPSA) is 81.3 Å². The molecule has 1 N–H and O–H groups in total. The first-order chi connectivity index (χ1) is 11.2. The molecule has 0 amide bonds. The van der Waals surface area contributed by atoms with Crippen molar-refractivity contribution in [3.8, 4) is 0 Å². The average Bonchev–Trinajstić information content (AvgIpc) is 2.47. The summed E-state index contributed by atoms with van der Waals surface area (Å²) in [6, 6.07) is 2.75. The summed E-state index contributed by atoms with van der Waals surface area (Å²) in [7, 11) is 0. The smallest absolute Gasteiger partial charge is 0.331 e. The van der Waals surface area contributed by atoms with Crippen molar-refractivity contribution in [1.82, 2.24) is 9.13 Å². The lowest BCUT2D eigenvalue weighted by Gasteiger charge is -2.14. The molecule has 6 nitrogen and oxygen atoms in total. The maximum Gasteiger partial charge on any atom is 0.331 e. The van der Waals surface area contributed by atoms with E-state index in [1.807, 2.05) is 0 Å². The Morgan fingerprint density at radius 1 is 1.21 bits per heavy atom. The number of carboxylic acid groups (broad SMARTS) is 1. The third-order valence-electron chi connectivity index (χ3n) is 3.46. The molecule has 128 valence electrons. The molecule has 0 atom stereocenters. The standard InChI is InChI=1S/C16H16F2N2O4/c1-9(2)20-15(23)11(7-19(16(20)24)8-14(21)22)5-10-3-4-12(17)13(18)6-10/h3-4,6-7,9H,5,8H2,1-2H3,(H,21,22). The van der Waals surface area contributed by atoms with Crippen LogP contribution >= 0.6 is 0 Å². The van der Waals surface area contributed by atoms with E-state index in [9.17, 15) is 23.2 Å². The van der Waals surface area contributed by atoms with Gasteiger partial charge in [-0.05, 0) is 31.5 Å². The number of nitrogens with zero attached hydrogens (tertiary/aromatic N) is 2. The maximum atomic E-state index is 13.3. The van der Waals surface area contributed by atoms with Gasteiger partial charge in [0.2, 0.25) is 0 Å². The fourth-order valence-corrected chi connectivity index (χ4v) is 2.38. The SMILES string of the molecule is CC(C)n1c(=O)c(Cc2ccc(F)c(F)c2)cn(CC(=O)O)c1=O. The van der Waals surface area contributed by atoms with E-state index in [2.05, 4.69) is 0 Å². The monoisotopic (exact) mass is 338 g/mol. The highest BCUT2D eigenvalue weighted by molar-refractivity contribution is 5.66. The first-order valence-electron chi connectivity index (χ1n) is 7.21. The summed E-state index contributed by atoms with van der Waals surface area (Å²) < 4.78 is 28.2. The third kappa shape index (κ3) is 3.58. The maximum absolute atomic E-state index is 13.3. The van der Waals surface area contributed by atoms with Gasteiger partial charge in [-0.15, -0.1) is 0 Å². The molecular weight excluding hydrogens is 322 g/mol. The normalized spacial score (nSPS) is 11.0. The van der Waals surface area contributed by atoms with Crippen molar-refractivity contribution in [3.05, 3.63) is 68.0 Å². The molecule has 0 aliphatic carbocycles. The lowest BCUT2D eigenvalue weighted by atomic mass is 10.1. The Labute approximate surface area is 135 Å². The van der Waals surface area contributed by atoms with Crippen LogP contribution in [0.1, 0.15) is 31.0 Å². The van der Waals surface area contributed by atoms with E-state index in [1.54, 1.807) is 13.8 Å². The fourth-order valence-electron chi connectivity index (χ4n) is 2.38. The van der Waals surface area contributed by atoms with Gasteiger partial charge < -0.3 is 5.11 Å². The number of carbonyl (C=O) groups is 1. The van der Waals surface area contributed by atoms with Gasteiger partial charge in [0.05, 0.1) is 0 Å². The Morgan fingerprint density at radius 2 is 1.88 bits per heavy atom. The Hall–Kier alpha value is -2.77. The van der Waals surface area contributed by atoms with Gasteiger partial charge >= 0.3 is 11.7 Å². The minimum atomic E-state index is -1.23. The van der Waals surface area contributed by atoms with Crippen LogP contribution in [0.3, 0.4) is 0 Å². The van der Waals surface area contributed by atoms with E-state index in [0.29, 0.717) is 5.56 Å². The Kier molecular flexibility index (Phi) is 4.96. The zero-order valence-electron chi connectivity index (χ0n) is 13.1. The molecule has 0 unspecified atom stereocenters. The Bertz CT molecular complexity index is 900. The number of rotatable bonds is 5. The van der Waals surface area contributed by atoms with Crippen LogP contribution in [-0.2, 0) is 17.8 Å². The lowest BCUT2D eigenvalue weighted by molar-refractivity contribution is -0.137. The molecule has 1 aromatic carbocycles. The second kappa shape index (κ2) is 6.77. The number of aromatic nitrogens is 2. The molecule has 1 heterocycles. The molecule has 0 aliphatic heterocycles. The van der Waals surface area contributed by atoms with Gasteiger partial charge in [-0.3, -0.25) is 18.7 Å².